The maximum absolute atomic E-state index is 11.8. The first kappa shape index (κ1) is 13.1. The topological polar surface area (TPSA) is 51.1 Å². The molecule has 0 saturated carbocycles. The molecule has 4 heteroatoms. The Morgan fingerprint density at radius 3 is 2.74 bits per heavy atom. The van der Waals surface area contributed by atoms with Crippen LogP contribution in [0, 0.1) is 6.92 Å². The third-order valence-corrected chi connectivity index (χ3v) is 2.75. The van der Waals surface area contributed by atoms with Crippen molar-refractivity contribution in [2.45, 2.75) is 20.4 Å². The summed E-state index contributed by atoms with van der Waals surface area (Å²) < 4.78 is 1.64. The van der Waals surface area contributed by atoms with Crippen LogP contribution in [0.3, 0.4) is 0 Å². The number of benzene rings is 1. The van der Waals surface area contributed by atoms with E-state index in [0.717, 1.165) is 16.8 Å². The normalized spacial score (nSPS) is 10.2. The largest absolute Gasteiger partial charge is 0.326 e. The van der Waals surface area contributed by atoms with E-state index in [1.807, 2.05) is 37.3 Å². The Hall–Kier alpha value is -2.36. The van der Waals surface area contributed by atoms with Gasteiger partial charge in [-0.3, -0.25) is 9.59 Å². The van der Waals surface area contributed by atoms with Gasteiger partial charge in [-0.1, -0.05) is 12.1 Å². The van der Waals surface area contributed by atoms with Crippen molar-refractivity contribution in [3.63, 3.8) is 0 Å². The summed E-state index contributed by atoms with van der Waals surface area (Å²) in [7, 11) is 0. The first-order chi connectivity index (χ1) is 9.04. The fraction of sp³-hybridized carbons (Fsp3) is 0.200. The van der Waals surface area contributed by atoms with Gasteiger partial charge in [0.15, 0.2) is 0 Å². The Morgan fingerprint density at radius 1 is 1.26 bits per heavy atom. The van der Waals surface area contributed by atoms with Crippen LogP contribution in [-0.4, -0.2) is 10.5 Å². The molecule has 0 saturated heterocycles. The third kappa shape index (κ3) is 3.55. The Kier molecular flexibility index (Phi) is 3.80. The fourth-order valence-electron chi connectivity index (χ4n) is 1.88. The zero-order valence-electron chi connectivity index (χ0n) is 11.0. The lowest BCUT2D eigenvalue weighted by Crippen LogP contribution is -2.19. The summed E-state index contributed by atoms with van der Waals surface area (Å²) in [5, 5.41) is 2.73. The molecule has 0 radical (unpaired) electrons. The van der Waals surface area contributed by atoms with E-state index >= 15 is 0 Å². The highest BCUT2D eigenvalue weighted by Gasteiger charge is 2.01. The third-order valence-electron chi connectivity index (χ3n) is 2.75. The average molecular weight is 256 g/mol. The molecule has 1 amide bonds. The van der Waals surface area contributed by atoms with Gasteiger partial charge < -0.3 is 9.88 Å². The molecule has 19 heavy (non-hydrogen) atoms. The number of carbonyl (C=O) groups excluding carboxylic acids is 1. The first-order valence-electron chi connectivity index (χ1n) is 6.08. The number of nitrogens with one attached hydrogen (secondary N) is 1. The Balaban J connectivity index is 2.23. The van der Waals surface area contributed by atoms with Gasteiger partial charge in [0.05, 0.1) is 6.54 Å². The summed E-state index contributed by atoms with van der Waals surface area (Å²) in [6.07, 6.45) is 1.78. The van der Waals surface area contributed by atoms with E-state index in [1.165, 1.54) is 6.92 Å². The maximum atomic E-state index is 11.8. The van der Waals surface area contributed by atoms with Gasteiger partial charge in [0.1, 0.15) is 0 Å². The molecule has 4 nitrogen and oxygen atoms in total. The molecule has 0 aliphatic rings. The van der Waals surface area contributed by atoms with E-state index in [0.29, 0.717) is 6.54 Å². The van der Waals surface area contributed by atoms with Gasteiger partial charge >= 0.3 is 0 Å². The molecule has 0 atom stereocenters. The van der Waals surface area contributed by atoms with Gasteiger partial charge in [0.25, 0.3) is 5.56 Å². The minimum Gasteiger partial charge on any atom is -0.326 e. The Bertz CT molecular complexity index is 659. The lowest BCUT2D eigenvalue weighted by molar-refractivity contribution is -0.114. The van der Waals surface area contributed by atoms with E-state index in [2.05, 4.69) is 5.32 Å². The number of anilines is 1. The number of rotatable bonds is 3. The second-order valence-electron chi connectivity index (χ2n) is 4.55. The van der Waals surface area contributed by atoms with Crippen molar-refractivity contribution in [2.24, 2.45) is 0 Å². The lowest BCUT2D eigenvalue weighted by Gasteiger charge is -2.08. The van der Waals surface area contributed by atoms with Crippen LogP contribution < -0.4 is 10.9 Å². The Labute approximate surface area is 111 Å². The van der Waals surface area contributed by atoms with Gasteiger partial charge in [-0.15, -0.1) is 0 Å². The summed E-state index contributed by atoms with van der Waals surface area (Å²) >= 11 is 0. The van der Waals surface area contributed by atoms with Crippen molar-refractivity contribution in [3.8, 4) is 0 Å². The molecule has 2 aromatic rings. The minimum absolute atomic E-state index is 0.0232. The predicted octanol–water partition coefficient (Wildman–Crippen LogP) is 2.16. The van der Waals surface area contributed by atoms with Crippen LogP contribution in [-0.2, 0) is 11.3 Å². The second-order valence-corrected chi connectivity index (χ2v) is 4.55. The smallest absolute Gasteiger partial charge is 0.251 e. The van der Waals surface area contributed by atoms with Crippen LogP contribution in [0.15, 0.2) is 47.4 Å². The number of aryl methyl sites for hydroxylation is 1. The number of nitrogens with zero attached hydrogens (tertiary/aromatic N) is 1. The summed E-state index contributed by atoms with van der Waals surface area (Å²) in [6, 6.07) is 11.0. The SMILES string of the molecule is CC(=O)Nc1cccc(Cn2ccc(C)cc2=O)c1. The molecule has 1 aromatic heterocycles. The van der Waals surface area contributed by atoms with Gasteiger partial charge in [-0.05, 0) is 36.2 Å². The highest BCUT2D eigenvalue weighted by Crippen LogP contribution is 2.11. The van der Waals surface area contributed by atoms with E-state index in [9.17, 15) is 9.59 Å². The van der Waals surface area contributed by atoms with E-state index in [-0.39, 0.29) is 11.5 Å². The van der Waals surface area contributed by atoms with Crippen LogP contribution in [0.1, 0.15) is 18.1 Å². The quantitative estimate of drug-likeness (QED) is 0.915. The molecule has 2 rings (SSSR count). The van der Waals surface area contributed by atoms with Crippen LogP contribution in [0.25, 0.3) is 0 Å². The van der Waals surface area contributed by atoms with Crippen molar-refractivity contribution < 1.29 is 4.79 Å². The zero-order valence-corrected chi connectivity index (χ0v) is 11.0. The van der Waals surface area contributed by atoms with Gasteiger partial charge in [-0.25, -0.2) is 0 Å². The fourth-order valence-corrected chi connectivity index (χ4v) is 1.88. The second kappa shape index (κ2) is 5.52. The number of hydrogen-bond acceptors (Lipinski definition) is 2. The zero-order chi connectivity index (χ0) is 13.8. The maximum Gasteiger partial charge on any atom is 0.251 e. The van der Waals surface area contributed by atoms with Crippen molar-refractivity contribution in [1.29, 1.82) is 0 Å². The number of carbonyl (C=O) groups is 1. The summed E-state index contributed by atoms with van der Waals surface area (Å²) in [6.45, 7) is 3.85. The standard InChI is InChI=1S/C15H16N2O2/c1-11-6-7-17(15(19)8-11)10-13-4-3-5-14(9-13)16-12(2)18/h3-9H,10H2,1-2H3,(H,16,18). The van der Waals surface area contributed by atoms with E-state index in [1.54, 1.807) is 16.8 Å². The molecule has 0 aliphatic heterocycles. The van der Waals surface area contributed by atoms with Gasteiger partial charge in [0.2, 0.25) is 5.91 Å². The number of amides is 1. The lowest BCUT2D eigenvalue weighted by atomic mass is 10.2. The summed E-state index contributed by atoms with van der Waals surface area (Å²) in [5.41, 5.74) is 2.64. The summed E-state index contributed by atoms with van der Waals surface area (Å²) in [4.78, 5) is 22.8. The molecule has 0 aliphatic carbocycles. The molecule has 0 bridgehead atoms. The molecular weight excluding hydrogens is 240 g/mol. The van der Waals surface area contributed by atoms with Crippen LogP contribution >= 0.6 is 0 Å². The monoisotopic (exact) mass is 256 g/mol. The van der Waals surface area contributed by atoms with Crippen LogP contribution in [0.4, 0.5) is 5.69 Å². The first-order valence-corrected chi connectivity index (χ1v) is 6.08. The predicted molar refractivity (Wildman–Crippen MR) is 75.3 cm³/mol. The molecule has 0 unspecified atom stereocenters. The Morgan fingerprint density at radius 2 is 2.05 bits per heavy atom. The van der Waals surface area contributed by atoms with Crippen LogP contribution in [0.5, 0.6) is 0 Å². The molecule has 98 valence electrons. The molecule has 1 aromatic carbocycles. The number of hydrogen-bond donors (Lipinski definition) is 1. The minimum atomic E-state index is -0.107. The number of pyridine rings is 1. The van der Waals surface area contributed by atoms with Crippen molar-refractivity contribution >= 4 is 11.6 Å². The van der Waals surface area contributed by atoms with Crippen molar-refractivity contribution in [3.05, 3.63) is 64.1 Å². The molecule has 0 fully saturated rings. The average Bonchev–Trinajstić information content (AvgIpc) is 2.32. The molecule has 1 heterocycles. The molecule has 0 spiro atoms. The highest BCUT2D eigenvalue weighted by atomic mass is 16.1. The molecular formula is C15H16N2O2. The molecule has 1 N–H and O–H groups in total. The highest BCUT2D eigenvalue weighted by molar-refractivity contribution is 5.88. The van der Waals surface area contributed by atoms with Gasteiger partial charge in [-0.2, -0.15) is 0 Å². The summed E-state index contributed by atoms with van der Waals surface area (Å²) in [5.74, 6) is -0.107. The van der Waals surface area contributed by atoms with E-state index < -0.39 is 0 Å². The van der Waals surface area contributed by atoms with Crippen molar-refractivity contribution in [1.82, 2.24) is 4.57 Å². The van der Waals surface area contributed by atoms with Crippen LogP contribution in [0.2, 0.25) is 0 Å². The van der Waals surface area contributed by atoms with Crippen molar-refractivity contribution in [2.75, 3.05) is 5.32 Å². The number of aromatic nitrogens is 1. The van der Waals surface area contributed by atoms with E-state index in [4.69, 9.17) is 0 Å². The van der Waals surface area contributed by atoms with Gasteiger partial charge in [0, 0.05) is 24.9 Å².